The molecule has 4 nitrogen and oxygen atoms in total. The number of nitrogens with one attached hydrogen (secondary N) is 1. The summed E-state index contributed by atoms with van der Waals surface area (Å²) in [5.41, 5.74) is -0.103. The third-order valence-corrected chi connectivity index (χ3v) is 4.82. The maximum atomic E-state index is 14.1. The lowest BCUT2D eigenvalue weighted by Gasteiger charge is -2.20. The van der Waals surface area contributed by atoms with E-state index >= 15 is 0 Å². The molecule has 1 aromatic rings. The number of esters is 1. The molecule has 140 valence electrons. The Morgan fingerprint density at radius 2 is 1.80 bits per heavy atom. The van der Waals surface area contributed by atoms with E-state index < -0.39 is 22.9 Å². The van der Waals surface area contributed by atoms with Crippen molar-refractivity contribution < 1.29 is 23.1 Å². The van der Waals surface area contributed by atoms with Crippen molar-refractivity contribution in [2.45, 2.75) is 51.2 Å². The van der Waals surface area contributed by atoms with Gasteiger partial charge in [0.1, 0.15) is 16.9 Å². The van der Waals surface area contributed by atoms with Crippen molar-refractivity contribution >= 4 is 29.3 Å². The highest BCUT2D eigenvalue weighted by atomic mass is 32.2. The molecule has 1 amide bonds. The van der Waals surface area contributed by atoms with Gasteiger partial charge in [0.15, 0.2) is 0 Å². The Bertz CT molecular complexity index is 621. The van der Waals surface area contributed by atoms with Crippen LogP contribution in [0.15, 0.2) is 17.0 Å². The second kappa shape index (κ2) is 9.75. The van der Waals surface area contributed by atoms with E-state index in [2.05, 4.69) is 5.32 Å². The van der Waals surface area contributed by atoms with Crippen molar-refractivity contribution in [3.63, 3.8) is 0 Å². The van der Waals surface area contributed by atoms with Crippen LogP contribution in [0.25, 0.3) is 0 Å². The van der Waals surface area contributed by atoms with Crippen LogP contribution >= 0.6 is 11.8 Å². The Morgan fingerprint density at radius 1 is 1.16 bits per heavy atom. The molecule has 0 radical (unpaired) electrons. The summed E-state index contributed by atoms with van der Waals surface area (Å²) in [6.45, 7) is 9.42. The van der Waals surface area contributed by atoms with Crippen molar-refractivity contribution in [3.05, 3.63) is 23.8 Å². The number of thioether (sulfide) groups is 1. The van der Waals surface area contributed by atoms with Crippen LogP contribution in [0.2, 0.25) is 0 Å². The van der Waals surface area contributed by atoms with E-state index in [0.717, 1.165) is 11.8 Å². The first-order chi connectivity index (χ1) is 11.6. The van der Waals surface area contributed by atoms with Gasteiger partial charge in [-0.1, -0.05) is 34.6 Å². The second-order valence-corrected chi connectivity index (χ2v) is 7.65. The van der Waals surface area contributed by atoms with Gasteiger partial charge in [0.05, 0.1) is 12.3 Å². The van der Waals surface area contributed by atoms with Crippen molar-refractivity contribution in [2.24, 2.45) is 11.8 Å². The highest BCUT2D eigenvalue weighted by Crippen LogP contribution is 2.34. The summed E-state index contributed by atoms with van der Waals surface area (Å²) in [4.78, 5) is 23.8. The zero-order valence-electron chi connectivity index (χ0n) is 15.2. The molecular formula is C18H25F2NO3S. The van der Waals surface area contributed by atoms with Crippen molar-refractivity contribution in [3.8, 4) is 0 Å². The minimum Gasteiger partial charge on any atom is -0.465 e. The number of hydrogen-bond donors (Lipinski definition) is 1. The fourth-order valence-corrected chi connectivity index (χ4v) is 2.95. The number of ether oxygens (including phenoxy) is 1. The number of benzene rings is 1. The van der Waals surface area contributed by atoms with Crippen LogP contribution in [-0.4, -0.2) is 23.7 Å². The molecule has 0 aromatic heterocycles. The monoisotopic (exact) mass is 373 g/mol. The normalized spacial score (nSPS) is 12.4. The zero-order chi connectivity index (χ0) is 19.1. The van der Waals surface area contributed by atoms with Gasteiger partial charge in [-0.3, -0.25) is 9.59 Å². The molecule has 1 aromatic carbocycles. The van der Waals surface area contributed by atoms with E-state index in [1.807, 2.05) is 27.7 Å². The van der Waals surface area contributed by atoms with Gasteiger partial charge in [-0.05, 0) is 17.9 Å². The minimum atomic E-state index is -0.855. The molecule has 0 aliphatic rings. The molecule has 1 unspecified atom stereocenters. The summed E-state index contributed by atoms with van der Waals surface area (Å²) in [6.07, 6.45) is 0.176. The average Bonchev–Trinajstić information content (AvgIpc) is 2.53. The molecule has 0 heterocycles. The average molecular weight is 373 g/mol. The lowest BCUT2D eigenvalue weighted by Crippen LogP contribution is -2.27. The van der Waals surface area contributed by atoms with Crippen LogP contribution in [0.5, 0.6) is 0 Å². The molecule has 25 heavy (non-hydrogen) atoms. The van der Waals surface area contributed by atoms with Gasteiger partial charge in [-0.25, -0.2) is 8.78 Å². The first-order valence-corrected chi connectivity index (χ1v) is 9.15. The molecule has 0 aliphatic carbocycles. The van der Waals surface area contributed by atoms with Crippen LogP contribution in [-0.2, 0) is 14.3 Å². The first kappa shape index (κ1) is 21.4. The molecule has 1 rings (SSSR count). The second-order valence-electron chi connectivity index (χ2n) is 6.47. The van der Waals surface area contributed by atoms with Gasteiger partial charge in [0.2, 0.25) is 5.91 Å². The SMILES string of the molecule is CCC(=O)Nc1cc(SC(C(=O)OCC(C)C)C(C)C)c(F)cc1F. The Hall–Kier alpha value is -1.63. The predicted octanol–water partition coefficient (Wildman–Crippen LogP) is 4.63. The highest BCUT2D eigenvalue weighted by molar-refractivity contribution is 8.00. The van der Waals surface area contributed by atoms with Crippen LogP contribution < -0.4 is 5.32 Å². The quantitative estimate of drug-likeness (QED) is 0.533. The molecule has 1 atom stereocenters. The van der Waals surface area contributed by atoms with Crippen molar-refractivity contribution in [2.75, 3.05) is 11.9 Å². The van der Waals surface area contributed by atoms with E-state index in [0.29, 0.717) is 6.07 Å². The Kier molecular flexibility index (Phi) is 8.35. The van der Waals surface area contributed by atoms with Gasteiger partial charge in [0.25, 0.3) is 0 Å². The summed E-state index contributed by atoms with van der Waals surface area (Å²) < 4.78 is 33.2. The third-order valence-electron chi connectivity index (χ3n) is 3.27. The molecule has 0 spiro atoms. The van der Waals surface area contributed by atoms with Crippen molar-refractivity contribution in [1.82, 2.24) is 0 Å². The maximum absolute atomic E-state index is 14.1. The molecular weight excluding hydrogens is 348 g/mol. The lowest BCUT2D eigenvalue weighted by molar-refractivity contribution is -0.144. The summed E-state index contributed by atoms with van der Waals surface area (Å²) in [5.74, 6) is -2.36. The minimum absolute atomic E-state index is 0.0907. The van der Waals surface area contributed by atoms with E-state index in [4.69, 9.17) is 4.74 Å². The highest BCUT2D eigenvalue weighted by Gasteiger charge is 2.27. The standard InChI is InChI=1S/C18H25F2NO3S/c1-6-16(22)21-14-8-15(13(20)7-12(14)19)25-17(11(4)5)18(23)24-9-10(2)3/h7-8,10-11,17H,6,9H2,1-5H3,(H,21,22). The summed E-state index contributed by atoms with van der Waals surface area (Å²) in [5, 5.41) is 1.76. The number of carbonyl (C=O) groups is 2. The Morgan fingerprint density at radius 3 is 2.32 bits per heavy atom. The van der Waals surface area contributed by atoms with Gasteiger partial charge in [-0.15, -0.1) is 11.8 Å². The molecule has 7 heteroatoms. The third kappa shape index (κ3) is 6.65. The topological polar surface area (TPSA) is 55.4 Å². The van der Waals surface area contributed by atoms with Crippen LogP contribution in [0.1, 0.15) is 41.0 Å². The van der Waals surface area contributed by atoms with E-state index in [-0.39, 0.29) is 41.4 Å². The van der Waals surface area contributed by atoms with Crippen LogP contribution in [0, 0.1) is 23.5 Å². The fourth-order valence-electron chi connectivity index (χ4n) is 1.88. The maximum Gasteiger partial charge on any atom is 0.319 e. The molecule has 0 fully saturated rings. The smallest absolute Gasteiger partial charge is 0.319 e. The largest absolute Gasteiger partial charge is 0.465 e. The van der Waals surface area contributed by atoms with Crippen molar-refractivity contribution in [1.29, 1.82) is 0 Å². The number of rotatable bonds is 8. The summed E-state index contributed by atoms with van der Waals surface area (Å²) in [7, 11) is 0. The number of hydrogen-bond acceptors (Lipinski definition) is 4. The molecule has 0 saturated heterocycles. The van der Waals surface area contributed by atoms with Gasteiger partial charge in [0, 0.05) is 17.4 Å². The van der Waals surface area contributed by atoms with Crippen LogP contribution in [0.4, 0.5) is 14.5 Å². The molecule has 1 N–H and O–H groups in total. The summed E-state index contributed by atoms with van der Waals surface area (Å²) in [6, 6.07) is 1.93. The number of amides is 1. The molecule has 0 aliphatic heterocycles. The zero-order valence-corrected chi connectivity index (χ0v) is 16.0. The number of halogens is 2. The molecule has 0 saturated carbocycles. The number of anilines is 1. The van der Waals surface area contributed by atoms with Crippen LogP contribution in [0.3, 0.4) is 0 Å². The van der Waals surface area contributed by atoms with E-state index in [1.165, 1.54) is 6.07 Å². The first-order valence-electron chi connectivity index (χ1n) is 8.27. The Labute approximate surface area is 151 Å². The number of carbonyl (C=O) groups excluding carboxylic acids is 2. The van der Waals surface area contributed by atoms with Gasteiger partial charge in [-0.2, -0.15) is 0 Å². The van der Waals surface area contributed by atoms with Gasteiger partial charge < -0.3 is 10.1 Å². The Balaban J connectivity index is 3.02. The summed E-state index contributed by atoms with van der Waals surface area (Å²) >= 11 is 0.973. The fraction of sp³-hybridized carbons (Fsp3) is 0.556. The molecule has 0 bridgehead atoms. The predicted molar refractivity (Wildman–Crippen MR) is 95.6 cm³/mol. The van der Waals surface area contributed by atoms with E-state index in [1.54, 1.807) is 6.92 Å². The lowest BCUT2D eigenvalue weighted by atomic mass is 10.1. The van der Waals surface area contributed by atoms with E-state index in [9.17, 15) is 18.4 Å². The van der Waals surface area contributed by atoms with Gasteiger partial charge >= 0.3 is 5.97 Å².